The summed E-state index contributed by atoms with van der Waals surface area (Å²) in [6, 6.07) is 0.203. The lowest BCUT2D eigenvalue weighted by molar-refractivity contribution is -0.144. The van der Waals surface area contributed by atoms with E-state index in [9.17, 15) is 13.2 Å². The number of hydrogen-bond donors (Lipinski definition) is 1. The van der Waals surface area contributed by atoms with Gasteiger partial charge in [-0.25, -0.2) is 0 Å². The normalized spacial score (nSPS) is 19.4. The summed E-state index contributed by atoms with van der Waals surface area (Å²) >= 11 is 0.792. The third kappa shape index (κ3) is 3.81. The van der Waals surface area contributed by atoms with Crippen molar-refractivity contribution in [3.63, 3.8) is 0 Å². The molecule has 0 spiro atoms. The van der Waals surface area contributed by atoms with Gasteiger partial charge in [-0.05, 0) is 25.2 Å². The van der Waals surface area contributed by atoms with Crippen molar-refractivity contribution in [3.05, 3.63) is 5.82 Å². The van der Waals surface area contributed by atoms with Gasteiger partial charge in [0.1, 0.15) is 0 Å². The van der Waals surface area contributed by atoms with Crippen molar-refractivity contribution in [1.29, 1.82) is 0 Å². The Morgan fingerprint density at radius 3 is 2.53 bits per heavy atom. The van der Waals surface area contributed by atoms with Gasteiger partial charge in [-0.15, -0.1) is 0 Å². The highest BCUT2D eigenvalue weighted by molar-refractivity contribution is 7.09. The maximum absolute atomic E-state index is 12.4. The van der Waals surface area contributed by atoms with E-state index in [0.29, 0.717) is 5.92 Å². The molecule has 2 rings (SSSR count). The van der Waals surface area contributed by atoms with Crippen molar-refractivity contribution < 1.29 is 13.2 Å². The Hall–Kier alpha value is -0.850. The van der Waals surface area contributed by atoms with E-state index in [1.165, 1.54) is 19.3 Å². The fraction of sp³-hybridized carbons (Fsp3) is 0.833. The average molecular weight is 293 g/mol. The van der Waals surface area contributed by atoms with E-state index in [-0.39, 0.29) is 11.2 Å². The van der Waals surface area contributed by atoms with Gasteiger partial charge in [-0.3, -0.25) is 0 Å². The Kier molecular flexibility index (Phi) is 4.65. The zero-order valence-electron chi connectivity index (χ0n) is 10.8. The molecule has 1 aliphatic carbocycles. The Morgan fingerprint density at radius 2 is 2.00 bits per heavy atom. The van der Waals surface area contributed by atoms with Crippen LogP contribution >= 0.6 is 11.5 Å². The van der Waals surface area contributed by atoms with Crippen molar-refractivity contribution in [2.75, 3.05) is 5.32 Å². The maximum Gasteiger partial charge on any atom is 0.452 e. The third-order valence-corrected chi connectivity index (χ3v) is 4.29. The van der Waals surface area contributed by atoms with E-state index in [1.807, 2.05) is 0 Å². The lowest BCUT2D eigenvalue weighted by atomic mass is 9.83. The van der Waals surface area contributed by atoms with Crippen LogP contribution in [-0.4, -0.2) is 15.4 Å². The lowest BCUT2D eigenvalue weighted by Gasteiger charge is -2.29. The third-order valence-electron chi connectivity index (χ3n) is 3.65. The zero-order valence-corrected chi connectivity index (χ0v) is 11.7. The minimum atomic E-state index is -4.46. The molecule has 1 aliphatic rings. The number of hydrogen-bond acceptors (Lipinski definition) is 4. The van der Waals surface area contributed by atoms with E-state index in [0.717, 1.165) is 30.8 Å². The van der Waals surface area contributed by atoms with Crippen LogP contribution in [0, 0.1) is 5.92 Å². The second-order valence-corrected chi connectivity index (χ2v) is 5.73. The molecular formula is C12H18F3N3S. The molecule has 0 aliphatic heterocycles. The topological polar surface area (TPSA) is 37.8 Å². The summed E-state index contributed by atoms with van der Waals surface area (Å²) in [7, 11) is 0. The molecule has 1 heterocycles. The summed E-state index contributed by atoms with van der Waals surface area (Å²) in [5.41, 5.74) is 0. The number of rotatable bonds is 4. The van der Waals surface area contributed by atoms with Crippen LogP contribution in [0.5, 0.6) is 0 Å². The standard InChI is InChI=1S/C12H18F3N3S/c1-2-9(8-6-4-3-5-7-8)16-11-17-10(18-19-11)12(13,14)15/h8-9H,2-7H2,1H3,(H,16,17,18). The molecule has 1 N–H and O–H groups in total. The number of halogens is 3. The summed E-state index contributed by atoms with van der Waals surface area (Å²) in [5.74, 6) is -0.504. The van der Waals surface area contributed by atoms with Crippen LogP contribution in [-0.2, 0) is 6.18 Å². The molecule has 1 aromatic heterocycles. The van der Waals surface area contributed by atoms with Gasteiger partial charge in [0, 0.05) is 17.6 Å². The van der Waals surface area contributed by atoms with Gasteiger partial charge in [0.05, 0.1) is 0 Å². The van der Waals surface area contributed by atoms with Crippen LogP contribution in [0.25, 0.3) is 0 Å². The summed E-state index contributed by atoms with van der Waals surface area (Å²) in [5, 5.41) is 3.42. The average Bonchev–Trinajstić information content (AvgIpc) is 2.85. The molecule has 1 fully saturated rings. The molecule has 0 radical (unpaired) electrons. The fourth-order valence-corrected chi connectivity index (χ4v) is 3.29. The molecule has 1 atom stereocenters. The van der Waals surface area contributed by atoms with Gasteiger partial charge in [0.15, 0.2) is 0 Å². The predicted molar refractivity (Wildman–Crippen MR) is 69.2 cm³/mol. The number of anilines is 1. The van der Waals surface area contributed by atoms with Crippen molar-refractivity contribution in [1.82, 2.24) is 9.36 Å². The smallest absolute Gasteiger partial charge is 0.357 e. The van der Waals surface area contributed by atoms with E-state index >= 15 is 0 Å². The van der Waals surface area contributed by atoms with Crippen LogP contribution in [0.2, 0.25) is 0 Å². The van der Waals surface area contributed by atoms with Crippen LogP contribution in [0.3, 0.4) is 0 Å². The molecule has 1 aromatic rings. The summed E-state index contributed by atoms with van der Waals surface area (Å²) < 4.78 is 40.7. The molecule has 19 heavy (non-hydrogen) atoms. The molecule has 0 bridgehead atoms. The largest absolute Gasteiger partial charge is 0.452 e. The molecule has 3 nitrogen and oxygen atoms in total. The lowest BCUT2D eigenvalue weighted by Crippen LogP contribution is -2.30. The Morgan fingerprint density at radius 1 is 1.32 bits per heavy atom. The van der Waals surface area contributed by atoms with Gasteiger partial charge in [0.2, 0.25) is 11.0 Å². The Labute approximate surface area is 114 Å². The molecule has 108 valence electrons. The highest BCUT2D eigenvalue weighted by atomic mass is 32.1. The molecule has 7 heteroatoms. The first-order valence-corrected chi connectivity index (χ1v) is 7.45. The van der Waals surface area contributed by atoms with Crippen LogP contribution < -0.4 is 5.32 Å². The van der Waals surface area contributed by atoms with Crippen molar-refractivity contribution >= 4 is 16.7 Å². The summed E-state index contributed by atoms with van der Waals surface area (Å²) in [6.45, 7) is 2.05. The molecular weight excluding hydrogens is 275 g/mol. The Bertz CT molecular complexity index is 399. The fourth-order valence-electron chi connectivity index (χ4n) is 2.65. The van der Waals surface area contributed by atoms with E-state index in [4.69, 9.17) is 0 Å². The monoisotopic (exact) mass is 293 g/mol. The zero-order chi connectivity index (χ0) is 13.9. The SMILES string of the molecule is CCC(Nc1nc(C(F)(F)F)ns1)C1CCCCC1. The van der Waals surface area contributed by atoms with Gasteiger partial charge in [-0.2, -0.15) is 22.5 Å². The number of aromatic nitrogens is 2. The van der Waals surface area contributed by atoms with Gasteiger partial charge < -0.3 is 5.32 Å². The van der Waals surface area contributed by atoms with Gasteiger partial charge in [-0.1, -0.05) is 26.2 Å². The second kappa shape index (κ2) is 6.07. The van der Waals surface area contributed by atoms with Gasteiger partial charge >= 0.3 is 6.18 Å². The summed E-state index contributed by atoms with van der Waals surface area (Å²) in [6.07, 6.45) is 2.44. The number of nitrogens with zero attached hydrogens (tertiary/aromatic N) is 2. The quantitative estimate of drug-likeness (QED) is 0.898. The first-order chi connectivity index (χ1) is 9.00. The Balaban J connectivity index is 1.99. The number of alkyl halides is 3. The highest BCUT2D eigenvalue weighted by Crippen LogP contribution is 2.32. The molecule has 0 saturated heterocycles. The minimum absolute atomic E-state index is 0.203. The van der Waals surface area contributed by atoms with Crippen molar-refractivity contribution in [2.45, 2.75) is 57.7 Å². The van der Waals surface area contributed by atoms with Crippen molar-refractivity contribution in [3.8, 4) is 0 Å². The minimum Gasteiger partial charge on any atom is -0.357 e. The van der Waals surface area contributed by atoms with Crippen LogP contribution in [0.4, 0.5) is 18.3 Å². The van der Waals surface area contributed by atoms with Crippen LogP contribution in [0.1, 0.15) is 51.3 Å². The first-order valence-electron chi connectivity index (χ1n) is 6.68. The van der Waals surface area contributed by atoms with Gasteiger partial charge in [0.25, 0.3) is 0 Å². The molecule has 1 unspecified atom stereocenters. The van der Waals surface area contributed by atoms with Crippen LogP contribution in [0.15, 0.2) is 0 Å². The second-order valence-electron chi connectivity index (χ2n) is 4.98. The summed E-state index contributed by atoms with van der Waals surface area (Å²) in [4.78, 5) is 3.54. The highest BCUT2D eigenvalue weighted by Gasteiger charge is 2.36. The predicted octanol–water partition coefficient (Wildman–Crippen LogP) is 4.33. The molecule has 1 saturated carbocycles. The van der Waals surface area contributed by atoms with E-state index in [2.05, 4.69) is 21.6 Å². The molecule has 0 aromatic carbocycles. The van der Waals surface area contributed by atoms with Crippen molar-refractivity contribution in [2.24, 2.45) is 5.92 Å². The first kappa shape index (κ1) is 14.6. The molecule has 0 amide bonds. The maximum atomic E-state index is 12.4. The van der Waals surface area contributed by atoms with E-state index in [1.54, 1.807) is 0 Å². The van der Waals surface area contributed by atoms with E-state index < -0.39 is 12.0 Å². The number of nitrogens with one attached hydrogen (secondary N) is 1.